The van der Waals surface area contributed by atoms with E-state index in [1.165, 1.54) is 19.3 Å². The Balaban J connectivity index is 1.61. The number of anilines is 2. The molecule has 0 aromatic carbocycles. The van der Waals surface area contributed by atoms with Crippen molar-refractivity contribution in [3.05, 3.63) is 24.8 Å². The van der Waals surface area contributed by atoms with Gasteiger partial charge in [0.05, 0.1) is 42.7 Å². The summed E-state index contributed by atoms with van der Waals surface area (Å²) in [5, 5.41) is 21.9. The Bertz CT molecular complexity index is 856. The fourth-order valence-corrected chi connectivity index (χ4v) is 3.58. The van der Waals surface area contributed by atoms with Gasteiger partial charge in [-0.1, -0.05) is 19.8 Å². The summed E-state index contributed by atoms with van der Waals surface area (Å²) in [6.45, 7) is 2.82. The fraction of sp³-hybridized carbons (Fsp3) is 0.529. The maximum absolute atomic E-state index is 8.97. The maximum atomic E-state index is 8.97. The molecule has 0 bridgehead atoms. The highest BCUT2D eigenvalue weighted by Gasteiger charge is 2.25. The van der Waals surface area contributed by atoms with Crippen LogP contribution >= 0.6 is 0 Å². The molecule has 1 aliphatic carbocycles. The van der Waals surface area contributed by atoms with Crippen LogP contribution in [0.15, 0.2) is 24.8 Å². The van der Waals surface area contributed by atoms with Gasteiger partial charge in [-0.15, -0.1) is 0 Å². The van der Waals surface area contributed by atoms with Crippen LogP contribution in [-0.2, 0) is 6.54 Å². The highest BCUT2D eigenvalue weighted by atomic mass is 16.3. The van der Waals surface area contributed by atoms with Crippen molar-refractivity contribution in [2.24, 2.45) is 5.92 Å². The molecule has 2 N–H and O–H groups in total. The zero-order valence-corrected chi connectivity index (χ0v) is 14.3. The molecular weight excluding hydrogens is 318 g/mol. The van der Waals surface area contributed by atoms with Crippen LogP contribution in [0, 0.1) is 5.92 Å². The molecule has 1 saturated carbocycles. The van der Waals surface area contributed by atoms with E-state index >= 15 is 0 Å². The molecule has 1 aliphatic rings. The predicted molar refractivity (Wildman–Crippen MR) is 94.6 cm³/mol. The van der Waals surface area contributed by atoms with Crippen molar-refractivity contribution < 1.29 is 5.11 Å². The SMILES string of the molecule is C[C@@H]1CCCC[C@H]1n1ncc2cnc(Nc3cnn(CCO)c3)nc21. The lowest BCUT2D eigenvalue weighted by Crippen LogP contribution is -2.22. The average molecular weight is 341 g/mol. The van der Waals surface area contributed by atoms with Crippen molar-refractivity contribution in [3.63, 3.8) is 0 Å². The fourth-order valence-electron chi connectivity index (χ4n) is 3.58. The Labute approximate surface area is 145 Å². The van der Waals surface area contributed by atoms with Crippen molar-refractivity contribution in [1.82, 2.24) is 29.5 Å². The summed E-state index contributed by atoms with van der Waals surface area (Å²) in [6, 6.07) is 0.404. The Morgan fingerprint density at radius 2 is 2.08 bits per heavy atom. The molecule has 2 atom stereocenters. The van der Waals surface area contributed by atoms with Crippen LogP contribution in [0.25, 0.3) is 11.0 Å². The van der Waals surface area contributed by atoms with Crippen molar-refractivity contribution in [2.45, 2.75) is 45.2 Å². The Morgan fingerprint density at radius 3 is 2.92 bits per heavy atom. The van der Waals surface area contributed by atoms with Gasteiger partial charge in [-0.2, -0.15) is 15.2 Å². The van der Waals surface area contributed by atoms with Crippen LogP contribution in [0.4, 0.5) is 11.6 Å². The molecule has 3 heterocycles. The second-order valence-electron chi connectivity index (χ2n) is 6.73. The molecule has 8 heteroatoms. The number of nitrogens with one attached hydrogen (secondary N) is 1. The van der Waals surface area contributed by atoms with Gasteiger partial charge in [-0.3, -0.25) is 4.68 Å². The molecule has 132 valence electrons. The third kappa shape index (κ3) is 3.21. The molecular formula is C17H23N7O. The maximum Gasteiger partial charge on any atom is 0.229 e. The first-order chi connectivity index (χ1) is 12.2. The number of hydrogen-bond donors (Lipinski definition) is 2. The molecule has 0 amide bonds. The molecule has 3 aromatic heterocycles. The first kappa shape index (κ1) is 16.0. The lowest BCUT2D eigenvalue weighted by molar-refractivity contribution is 0.245. The number of rotatable bonds is 5. The molecule has 4 rings (SSSR count). The minimum atomic E-state index is 0.0579. The molecule has 0 saturated heterocycles. The number of nitrogens with zero attached hydrogens (tertiary/aromatic N) is 6. The lowest BCUT2D eigenvalue weighted by Gasteiger charge is -2.29. The third-order valence-corrected chi connectivity index (χ3v) is 4.93. The van der Waals surface area contributed by atoms with Gasteiger partial charge in [-0.25, -0.2) is 9.67 Å². The Morgan fingerprint density at radius 1 is 1.20 bits per heavy atom. The van der Waals surface area contributed by atoms with Gasteiger partial charge < -0.3 is 10.4 Å². The lowest BCUT2D eigenvalue weighted by atomic mass is 9.86. The first-order valence-corrected chi connectivity index (χ1v) is 8.85. The van der Waals surface area contributed by atoms with E-state index < -0.39 is 0 Å². The van der Waals surface area contributed by atoms with Gasteiger partial charge in [0.25, 0.3) is 0 Å². The van der Waals surface area contributed by atoms with Gasteiger partial charge in [0.2, 0.25) is 5.95 Å². The molecule has 0 aliphatic heterocycles. The molecule has 3 aromatic rings. The standard InChI is InChI=1S/C17H23N7O/c1-12-4-2-3-5-15(12)24-16-13(9-20-24)8-18-17(22-16)21-14-10-19-23(11-14)6-7-25/h8-12,15,25H,2-7H2,1H3,(H,18,21,22)/t12-,15-/m1/s1. The van der Waals surface area contributed by atoms with E-state index in [0.717, 1.165) is 23.1 Å². The summed E-state index contributed by atoms with van der Waals surface area (Å²) < 4.78 is 3.75. The van der Waals surface area contributed by atoms with E-state index in [1.54, 1.807) is 17.1 Å². The van der Waals surface area contributed by atoms with Crippen LogP contribution < -0.4 is 5.32 Å². The normalized spacial score (nSPS) is 20.9. The summed E-state index contributed by atoms with van der Waals surface area (Å²) in [4.78, 5) is 9.06. The topological polar surface area (TPSA) is 93.7 Å². The Hall–Kier alpha value is -2.48. The van der Waals surface area contributed by atoms with Gasteiger partial charge in [0.1, 0.15) is 0 Å². The molecule has 0 radical (unpaired) electrons. The molecule has 0 unspecified atom stereocenters. The van der Waals surface area contributed by atoms with Gasteiger partial charge >= 0.3 is 0 Å². The van der Waals surface area contributed by atoms with Gasteiger partial charge in [-0.05, 0) is 18.8 Å². The van der Waals surface area contributed by atoms with E-state index in [1.807, 2.05) is 12.4 Å². The van der Waals surface area contributed by atoms with E-state index in [0.29, 0.717) is 24.5 Å². The minimum Gasteiger partial charge on any atom is -0.394 e. The van der Waals surface area contributed by atoms with Crippen LogP contribution in [-0.4, -0.2) is 41.2 Å². The third-order valence-electron chi connectivity index (χ3n) is 4.93. The number of aliphatic hydroxyl groups is 1. The molecule has 1 fully saturated rings. The predicted octanol–water partition coefficient (Wildman–Crippen LogP) is 2.51. The monoisotopic (exact) mass is 341 g/mol. The average Bonchev–Trinajstić information content (AvgIpc) is 3.22. The molecule has 0 spiro atoms. The zero-order valence-electron chi connectivity index (χ0n) is 14.3. The quantitative estimate of drug-likeness (QED) is 0.740. The van der Waals surface area contributed by atoms with Crippen molar-refractivity contribution in [3.8, 4) is 0 Å². The first-order valence-electron chi connectivity index (χ1n) is 8.85. The van der Waals surface area contributed by atoms with E-state index in [2.05, 4.69) is 37.1 Å². The van der Waals surface area contributed by atoms with Crippen LogP contribution in [0.1, 0.15) is 38.6 Å². The van der Waals surface area contributed by atoms with Crippen LogP contribution in [0.3, 0.4) is 0 Å². The van der Waals surface area contributed by atoms with E-state index in [4.69, 9.17) is 5.11 Å². The van der Waals surface area contributed by atoms with Crippen LogP contribution in [0.2, 0.25) is 0 Å². The summed E-state index contributed by atoms with van der Waals surface area (Å²) in [5.41, 5.74) is 1.67. The molecule has 25 heavy (non-hydrogen) atoms. The highest BCUT2D eigenvalue weighted by Crippen LogP contribution is 2.34. The number of aliphatic hydroxyl groups excluding tert-OH is 1. The van der Waals surface area contributed by atoms with E-state index in [9.17, 15) is 0 Å². The summed E-state index contributed by atoms with van der Waals surface area (Å²) >= 11 is 0. The Kier molecular flexibility index (Phi) is 4.35. The second-order valence-corrected chi connectivity index (χ2v) is 6.73. The van der Waals surface area contributed by atoms with Crippen LogP contribution in [0.5, 0.6) is 0 Å². The molecule has 8 nitrogen and oxygen atoms in total. The summed E-state index contributed by atoms with van der Waals surface area (Å²) in [7, 11) is 0. The van der Waals surface area contributed by atoms with Crippen molar-refractivity contribution >= 4 is 22.7 Å². The summed E-state index contributed by atoms with van der Waals surface area (Å²) in [5.74, 6) is 1.14. The zero-order chi connectivity index (χ0) is 17.2. The smallest absolute Gasteiger partial charge is 0.229 e. The number of fused-ring (bicyclic) bond motifs is 1. The van der Waals surface area contributed by atoms with Crippen molar-refractivity contribution in [2.75, 3.05) is 11.9 Å². The van der Waals surface area contributed by atoms with E-state index in [-0.39, 0.29) is 6.61 Å². The highest BCUT2D eigenvalue weighted by molar-refractivity contribution is 5.75. The largest absolute Gasteiger partial charge is 0.394 e. The van der Waals surface area contributed by atoms with Gasteiger partial charge in [0.15, 0.2) is 5.65 Å². The number of hydrogen-bond acceptors (Lipinski definition) is 6. The van der Waals surface area contributed by atoms with Gasteiger partial charge in [0, 0.05) is 12.4 Å². The summed E-state index contributed by atoms with van der Waals surface area (Å²) in [6.07, 6.45) is 12.1. The number of aromatic nitrogens is 6. The minimum absolute atomic E-state index is 0.0579. The second kappa shape index (κ2) is 6.79. The van der Waals surface area contributed by atoms with Crippen molar-refractivity contribution in [1.29, 1.82) is 0 Å².